The molecule has 6 nitrogen and oxygen atoms in total. The maximum absolute atomic E-state index is 12.9. The fraction of sp³-hybridized carbons (Fsp3) is 0.636. The predicted molar refractivity (Wildman–Crippen MR) is 111 cm³/mol. The summed E-state index contributed by atoms with van der Waals surface area (Å²) < 4.78 is 5.34. The van der Waals surface area contributed by atoms with E-state index in [9.17, 15) is 9.59 Å². The highest BCUT2D eigenvalue weighted by Crippen LogP contribution is 2.11. The molecule has 156 valence electrons. The Balaban J connectivity index is 1.87. The van der Waals surface area contributed by atoms with Crippen LogP contribution in [0.2, 0.25) is 0 Å². The number of ether oxygens (including phenoxy) is 1. The van der Waals surface area contributed by atoms with Crippen LogP contribution < -0.4 is 0 Å². The molecule has 1 aromatic carbocycles. The van der Waals surface area contributed by atoms with Crippen LogP contribution in [0.3, 0.4) is 0 Å². The van der Waals surface area contributed by atoms with Gasteiger partial charge >= 0.3 is 6.09 Å². The summed E-state index contributed by atoms with van der Waals surface area (Å²) in [5.74, 6) is 0.464. The van der Waals surface area contributed by atoms with E-state index in [1.165, 1.54) is 0 Å². The standard InChI is InChI=1S/C22H35N3O3/c1-18(2)17-28-22(27)24-12-8-11-23(13-14-24)16-21(26)25(19(3)4)15-20-9-6-5-7-10-20/h5-7,9-10,18-19H,8,11-17H2,1-4H3. The van der Waals surface area contributed by atoms with Crippen LogP contribution in [0.4, 0.5) is 4.79 Å². The van der Waals surface area contributed by atoms with E-state index < -0.39 is 0 Å². The van der Waals surface area contributed by atoms with Crippen LogP contribution in [0, 0.1) is 5.92 Å². The van der Waals surface area contributed by atoms with Gasteiger partial charge in [-0.1, -0.05) is 44.2 Å². The fourth-order valence-corrected chi connectivity index (χ4v) is 3.26. The summed E-state index contributed by atoms with van der Waals surface area (Å²) in [5.41, 5.74) is 1.14. The Hall–Kier alpha value is -2.08. The topological polar surface area (TPSA) is 53.1 Å². The molecule has 0 unspecified atom stereocenters. The Morgan fingerprint density at radius 3 is 2.39 bits per heavy atom. The summed E-state index contributed by atoms with van der Waals surface area (Å²) in [6.45, 7) is 12.4. The van der Waals surface area contributed by atoms with Crippen molar-refractivity contribution in [2.24, 2.45) is 5.92 Å². The zero-order valence-electron chi connectivity index (χ0n) is 17.8. The molecule has 0 aliphatic carbocycles. The summed E-state index contributed by atoms with van der Waals surface area (Å²) in [7, 11) is 0. The lowest BCUT2D eigenvalue weighted by molar-refractivity contribution is -0.134. The van der Waals surface area contributed by atoms with Crippen LogP contribution in [0.15, 0.2) is 30.3 Å². The number of carbonyl (C=O) groups is 2. The molecule has 6 heteroatoms. The molecule has 0 N–H and O–H groups in total. The van der Waals surface area contributed by atoms with E-state index in [4.69, 9.17) is 4.74 Å². The third-order valence-corrected chi connectivity index (χ3v) is 4.89. The van der Waals surface area contributed by atoms with Crippen molar-refractivity contribution in [3.63, 3.8) is 0 Å². The number of rotatable bonds is 7. The Morgan fingerprint density at radius 1 is 1.04 bits per heavy atom. The van der Waals surface area contributed by atoms with Crippen LogP contribution in [-0.2, 0) is 16.1 Å². The van der Waals surface area contributed by atoms with Crippen LogP contribution in [0.5, 0.6) is 0 Å². The third kappa shape index (κ3) is 7.15. The first-order valence-corrected chi connectivity index (χ1v) is 10.3. The van der Waals surface area contributed by atoms with E-state index >= 15 is 0 Å². The number of hydrogen-bond donors (Lipinski definition) is 0. The normalized spacial score (nSPS) is 15.6. The SMILES string of the molecule is CC(C)COC(=O)N1CCCN(CC(=O)N(Cc2ccccc2)C(C)C)CC1. The van der Waals surface area contributed by atoms with Gasteiger partial charge in [0.05, 0.1) is 13.2 Å². The molecular weight excluding hydrogens is 354 g/mol. The number of hydrogen-bond acceptors (Lipinski definition) is 4. The first-order valence-electron chi connectivity index (χ1n) is 10.3. The van der Waals surface area contributed by atoms with Gasteiger partial charge in [-0.05, 0) is 31.7 Å². The summed E-state index contributed by atoms with van der Waals surface area (Å²) in [6, 6.07) is 10.2. The molecule has 2 rings (SSSR count). The van der Waals surface area contributed by atoms with Crippen molar-refractivity contribution >= 4 is 12.0 Å². The molecule has 0 bridgehead atoms. The molecule has 1 fully saturated rings. The zero-order chi connectivity index (χ0) is 20.5. The second-order valence-corrected chi connectivity index (χ2v) is 8.19. The molecule has 1 saturated heterocycles. The van der Waals surface area contributed by atoms with E-state index in [0.717, 1.165) is 18.5 Å². The van der Waals surface area contributed by atoms with Crippen molar-refractivity contribution in [3.8, 4) is 0 Å². The highest BCUT2D eigenvalue weighted by atomic mass is 16.6. The molecule has 0 saturated carbocycles. The Labute approximate surface area is 169 Å². The van der Waals surface area contributed by atoms with Crippen molar-refractivity contribution in [1.29, 1.82) is 0 Å². The van der Waals surface area contributed by atoms with Gasteiger partial charge < -0.3 is 14.5 Å². The van der Waals surface area contributed by atoms with Gasteiger partial charge in [0, 0.05) is 38.8 Å². The first-order chi connectivity index (χ1) is 13.4. The van der Waals surface area contributed by atoms with Gasteiger partial charge in [-0.2, -0.15) is 0 Å². The van der Waals surface area contributed by atoms with Gasteiger partial charge in [0.25, 0.3) is 0 Å². The lowest BCUT2D eigenvalue weighted by atomic mass is 10.2. The Kier molecular flexibility index (Phi) is 8.77. The molecule has 28 heavy (non-hydrogen) atoms. The summed E-state index contributed by atoms with van der Waals surface area (Å²) in [5, 5.41) is 0. The number of benzene rings is 1. The molecule has 0 aromatic heterocycles. The maximum Gasteiger partial charge on any atom is 0.409 e. The van der Waals surface area contributed by atoms with Crippen molar-refractivity contribution < 1.29 is 14.3 Å². The minimum atomic E-state index is -0.241. The highest BCUT2D eigenvalue weighted by molar-refractivity contribution is 5.78. The van der Waals surface area contributed by atoms with Gasteiger partial charge in [0.2, 0.25) is 5.91 Å². The van der Waals surface area contributed by atoms with Crippen molar-refractivity contribution in [3.05, 3.63) is 35.9 Å². The van der Waals surface area contributed by atoms with Gasteiger partial charge in [0.15, 0.2) is 0 Å². The smallest absolute Gasteiger partial charge is 0.409 e. The minimum Gasteiger partial charge on any atom is -0.449 e. The molecule has 1 heterocycles. The average Bonchev–Trinajstić information content (AvgIpc) is 2.90. The van der Waals surface area contributed by atoms with Crippen molar-refractivity contribution in [1.82, 2.24) is 14.7 Å². The van der Waals surface area contributed by atoms with Gasteiger partial charge in [0.1, 0.15) is 0 Å². The van der Waals surface area contributed by atoms with E-state index in [1.54, 1.807) is 4.90 Å². The zero-order valence-corrected chi connectivity index (χ0v) is 17.8. The Bertz CT molecular complexity index is 619. The molecule has 1 aromatic rings. The van der Waals surface area contributed by atoms with Gasteiger partial charge in [-0.25, -0.2) is 4.79 Å². The molecule has 0 atom stereocenters. The number of carbonyl (C=O) groups excluding carboxylic acids is 2. The lowest BCUT2D eigenvalue weighted by Crippen LogP contribution is -2.44. The highest BCUT2D eigenvalue weighted by Gasteiger charge is 2.24. The van der Waals surface area contributed by atoms with Gasteiger partial charge in [-0.3, -0.25) is 9.69 Å². The van der Waals surface area contributed by atoms with E-state index in [0.29, 0.717) is 45.2 Å². The van der Waals surface area contributed by atoms with Crippen molar-refractivity contribution in [2.45, 2.75) is 46.7 Å². The summed E-state index contributed by atoms with van der Waals surface area (Å²) in [4.78, 5) is 31.0. The molecular formula is C22H35N3O3. The van der Waals surface area contributed by atoms with Crippen LogP contribution in [0.25, 0.3) is 0 Å². The minimum absolute atomic E-state index is 0.134. The average molecular weight is 390 g/mol. The third-order valence-electron chi connectivity index (χ3n) is 4.89. The van der Waals surface area contributed by atoms with Gasteiger partial charge in [-0.15, -0.1) is 0 Å². The molecule has 1 aliphatic heterocycles. The largest absolute Gasteiger partial charge is 0.449 e. The van der Waals surface area contributed by atoms with E-state index in [1.807, 2.05) is 36.9 Å². The molecule has 0 spiro atoms. The van der Waals surface area contributed by atoms with E-state index in [2.05, 4.69) is 30.9 Å². The fourth-order valence-electron chi connectivity index (χ4n) is 3.26. The second kappa shape index (κ2) is 11.1. The summed E-state index contributed by atoms with van der Waals surface area (Å²) in [6.07, 6.45) is 0.611. The van der Waals surface area contributed by atoms with Crippen molar-refractivity contribution in [2.75, 3.05) is 39.3 Å². The van der Waals surface area contributed by atoms with Crippen LogP contribution >= 0.6 is 0 Å². The summed E-state index contributed by atoms with van der Waals surface area (Å²) >= 11 is 0. The lowest BCUT2D eigenvalue weighted by Gasteiger charge is -2.30. The number of amides is 2. The number of nitrogens with zero attached hydrogens (tertiary/aromatic N) is 3. The molecule has 1 aliphatic rings. The van der Waals surface area contributed by atoms with E-state index in [-0.39, 0.29) is 18.0 Å². The monoisotopic (exact) mass is 389 g/mol. The second-order valence-electron chi connectivity index (χ2n) is 8.19. The van der Waals surface area contributed by atoms with Crippen LogP contribution in [-0.4, -0.2) is 72.1 Å². The Morgan fingerprint density at radius 2 is 1.75 bits per heavy atom. The quantitative estimate of drug-likeness (QED) is 0.718. The maximum atomic E-state index is 12.9. The first kappa shape index (κ1) is 22.2. The molecule has 0 radical (unpaired) electrons. The van der Waals surface area contributed by atoms with Crippen LogP contribution in [0.1, 0.15) is 39.7 Å². The molecule has 2 amide bonds. The predicted octanol–water partition coefficient (Wildman–Crippen LogP) is 3.22.